The molecule has 0 bridgehead atoms. The van der Waals surface area contributed by atoms with E-state index in [1.54, 1.807) is 26.5 Å². The highest BCUT2D eigenvalue weighted by atomic mass is 16.6. The van der Waals surface area contributed by atoms with Crippen molar-refractivity contribution in [1.29, 1.82) is 0 Å². The molecule has 1 fully saturated rings. The smallest absolute Gasteiger partial charge is 0.311 e. The number of aromatic nitrogens is 1. The van der Waals surface area contributed by atoms with Crippen molar-refractivity contribution in [2.24, 2.45) is 0 Å². The van der Waals surface area contributed by atoms with Crippen molar-refractivity contribution >= 4 is 11.5 Å². The number of nitrogens with zero attached hydrogens (tertiary/aromatic N) is 3. The predicted molar refractivity (Wildman–Crippen MR) is 89.8 cm³/mol. The summed E-state index contributed by atoms with van der Waals surface area (Å²) >= 11 is 0. The third-order valence-electron chi connectivity index (χ3n) is 4.29. The Morgan fingerprint density at radius 2 is 2.12 bits per heavy atom. The van der Waals surface area contributed by atoms with Gasteiger partial charge < -0.3 is 14.4 Å². The van der Waals surface area contributed by atoms with Crippen molar-refractivity contribution in [2.75, 3.05) is 25.7 Å². The maximum Gasteiger partial charge on any atom is 0.311 e. The van der Waals surface area contributed by atoms with Crippen molar-refractivity contribution in [3.05, 3.63) is 52.2 Å². The summed E-state index contributed by atoms with van der Waals surface area (Å²) in [5.74, 6) is 1.83. The Labute approximate surface area is 140 Å². The Kier molecular flexibility index (Phi) is 4.50. The second kappa shape index (κ2) is 6.74. The number of nitro groups is 1. The number of pyridine rings is 1. The van der Waals surface area contributed by atoms with Gasteiger partial charge in [0.05, 0.1) is 25.2 Å². The number of benzene rings is 1. The summed E-state index contributed by atoms with van der Waals surface area (Å²) in [4.78, 5) is 17.2. The summed E-state index contributed by atoms with van der Waals surface area (Å²) in [6.07, 6.45) is 3.41. The first-order chi connectivity index (χ1) is 11.7. The SMILES string of the molecule is COc1ccc(C2CCCN2c2ncccc2[N+](=O)[O-])c(OC)c1. The maximum atomic E-state index is 11.3. The van der Waals surface area contributed by atoms with Crippen LogP contribution in [0, 0.1) is 10.1 Å². The van der Waals surface area contributed by atoms with Crippen LogP contribution < -0.4 is 14.4 Å². The zero-order valence-electron chi connectivity index (χ0n) is 13.6. The normalized spacial score (nSPS) is 16.9. The minimum Gasteiger partial charge on any atom is -0.497 e. The summed E-state index contributed by atoms with van der Waals surface area (Å²) in [6.45, 7) is 0.720. The van der Waals surface area contributed by atoms with Crippen LogP contribution in [0.5, 0.6) is 11.5 Å². The van der Waals surface area contributed by atoms with Gasteiger partial charge in [-0.25, -0.2) is 4.98 Å². The topological polar surface area (TPSA) is 77.7 Å². The fourth-order valence-corrected chi connectivity index (χ4v) is 3.19. The minimum absolute atomic E-state index is 0.0144. The lowest BCUT2D eigenvalue weighted by molar-refractivity contribution is -0.384. The summed E-state index contributed by atoms with van der Waals surface area (Å²) in [5, 5.41) is 11.3. The molecule has 24 heavy (non-hydrogen) atoms. The Hall–Kier alpha value is -2.83. The van der Waals surface area contributed by atoms with Gasteiger partial charge in [0.25, 0.3) is 0 Å². The molecular formula is C17H19N3O4. The van der Waals surface area contributed by atoms with Gasteiger partial charge in [0.15, 0.2) is 0 Å². The molecule has 2 heterocycles. The van der Waals surface area contributed by atoms with Crippen LogP contribution in [-0.2, 0) is 0 Å². The van der Waals surface area contributed by atoms with Crippen molar-refractivity contribution in [2.45, 2.75) is 18.9 Å². The van der Waals surface area contributed by atoms with Gasteiger partial charge in [0.1, 0.15) is 11.5 Å². The van der Waals surface area contributed by atoms with Gasteiger partial charge in [-0.1, -0.05) is 0 Å². The molecule has 1 saturated heterocycles. The third kappa shape index (κ3) is 2.84. The van der Waals surface area contributed by atoms with Crippen LogP contribution in [-0.4, -0.2) is 30.7 Å². The summed E-state index contributed by atoms with van der Waals surface area (Å²) in [5.41, 5.74) is 1.01. The lowest BCUT2D eigenvalue weighted by atomic mass is 10.0. The number of anilines is 1. The highest BCUT2D eigenvalue weighted by Gasteiger charge is 2.33. The number of hydrogen-bond donors (Lipinski definition) is 0. The van der Waals surface area contributed by atoms with Crippen molar-refractivity contribution < 1.29 is 14.4 Å². The fraction of sp³-hybridized carbons (Fsp3) is 0.353. The van der Waals surface area contributed by atoms with Crippen LogP contribution in [0.3, 0.4) is 0 Å². The predicted octanol–water partition coefficient (Wildman–Crippen LogP) is 3.35. The van der Waals surface area contributed by atoms with Crippen molar-refractivity contribution in [3.63, 3.8) is 0 Å². The molecule has 0 radical (unpaired) electrons. The molecule has 0 spiro atoms. The van der Waals surface area contributed by atoms with Crippen LogP contribution in [0.25, 0.3) is 0 Å². The van der Waals surface area contributed by atoms with E-state index in [9.17, 15) is 10.1 Å². The largest absolute Gasteiger partial charge is 0.497 e. The fourth-order valence-electron chi connectivity index (χ4n) is 3.19. The standard InChI is InChI=1S/C17H19N3O4/c1-23-12-7-8-13(16(11-12)24-2)14-6-4-10-19(14)17-15(20(21)22)5-3-9-18-17/h3,5,7-9,11,14H,4,6,10H2,1-2H3. The second-order valence-electron chi connectivity index (χ2n) is 5.56. The molecular weight excluding hydrogens is 310 g/mol. The average Bonchev–Trinajstić information content (AvgIpc) is 3.10. The molecule has 3 rings (SSSR count). The number of rotatable bonds is 5. The molecule has 0 saturated carbocycles. The van der Waals surface area contributed by atoms with E-state index in [0.717, 1.165) is 24.9 Å². The first kappa shape index (κ1) is 16.0. The third-order valence-corrected chi connectivity index (χ3v) is 4.29. The van der Waals surface area contributed by atoms with Crippen LogP contribution in [0.15, 0.2) is 36.5 Å². The van der Waals surface area contributed by atoms with Crippen LogP contribution >= 0.6 is 0 Å². The van der Waals surface area contributed by atoms with E-state index in [2.05, 4.69) is 4.98 Å². The Bertz CT molecular complexity index is 750. The van der Waals surface area contributed by atoms with Crippen molar-refractivity contribution in [3.8, 4) is 11.5 Å². The average molecular weight is 329 g/mol. The van der Waals surface area contributed by atoms with Crippen LogP contribution in [0.1, 0.15) is 24.4 Å². The second-order valence-corrected chi connectivity index (χ2v) is 5.56. The summed E-state index contributed by atoms with van der Waals surface area (Å²) in [7, 11) is 3.22. The van der Waals surface area contributed by atoms with E-state index in [1.165, 1.54) is 6.07 Å². The summed E-state index contributed by atoms with van der Waals surface area (Å²) in [6, 6.07) is 8.72. The zero-order chi connectivity index (χ0) is 17.1. The molecule has 1 aromatic carbocycles. The molecule has 126 valence electrons. The van der Waals surface area contributed by atoms with Gasteiger partial charge in [-0.2, -0.15) is 0 Å². The molecule has 1 atom stereocenters. The van der Waals surface area contributed by atoms with E-state index in [1.807, 2.05) is 23.1 Å². The zero-order valence-corrected chi connectivity index (χ0v) is 13.6. The molecule has 7 nitrogen and oxygen atoms in total. The lowest BCUT2D eigenvalue weighted by Gasteiger charge is -2.27. The Morgan fingerprint density at radius 1 is 1.29 bits per heavy atom. The highest BCUT2D eigenvalue weighted by Crippen LogP contribution is 2.42. The molecule has 7 heteroatoms. The van der Waals surface area contributed by atoms with Gasteiger partial charge in [0.2, 0.25) is 5.82 Å². The van der Waals surface area contributed by atoms with Crippen LogP contribution in [0.4, 0.5) is 11.5 Å². The molecule has 0 N–H and O–H groups in total. The lowest BCUT2D eigenvalue weighted by Crippen LogP contribution is -2.24. The van der Waals surface area contributed by atoms with E-state index in [4.69, 9.17) is 9.47 Å². The first-order valence-electron chi connectivity index (χ1n) is 7.73. The first-order valence-corrected chi connectivity index (χ1v) is 7.73. The Morgan fingerprint density at radius 3 is 2.83 bits per heavy atom. The molecule has 1 aliphatic rings. The minimum atomic E-state index is -0.386. The monoisotopic (exact) mass is 329 g/mol. The van der Waals surface area contributed by atoms with Gasteiger partial charge in [-0.15, -0.1) is 0 Å². The van der Waals surface area contributed by atoms with Gasteiger partial charge in [-0.05, 0) is 31.0 Å². The molecule has 1 aliphatic heterocycles. The van der Waals surface area contributed by atoms with E-state index in [0.29, 0.717) is 17.3 Å². The number of ether oxygens (including phenoxy) is 2. The van der Waals surface area contributed by atoms with Gasteiger partial charge in [-0.3, -0.25) is 10.1 Å². The molecule has 2 aromatic rings. The number of methoxy groups -OCH3 is 2. The highest BCUT2D eigenvalue weighted by molar-refractivity contribution is 5.60. The van der Waals surface area contributed by atoms with E-state index >= 15 is 0 Å². The molecule has 1 unspecified atom stereocenters. The number of hydrogen-bond acceptors (Lipinski definition) is 6. The molecule has 0 amide bonds. The van der Waals surface area contributed by atoms with E-state index < -0.39 is 0 Å². The van der Waals surface area contributed by atoms with Gasteiger partial charge in [0, 0.05) is 30.4 Å². The quantitative estimate of drug-likeness (QED) is 0.618. The van der Waals surface area contributed by atoms with Crippen LogP contribution in [0.2, 0.25) is 0 Å². The van der Waals surface area contributed by atoms with Gasteiger partial charge >= 0.3 is 5.69 Å². The Balaban J connectivity index is 2.02. The maximum absolute atomic E-state index is 11.3. The molecule has 1 aromatic heterocycles. The molecule has 0 aliphatic carbocycles. The van der Waals surface area contributed by atoms with Crippen molar-refractivity contribution in [1.82, 2.24) is 4.98 Å². The van der Waals surface area contributed by atoms with E-state index in [-0.39, 0.29) is 16.7 Å². The summed E-state index contributed by atoms with van der Waals surface area (Å²) < 4.78 is 10.7.